The van der Waals surface area contributed by atoms with Crippen molar-refractivity contribution < 1.29 is 33.1 Å². The summed E-state index contributed by atoms with van der Waals surface area (Å²) >= 11 is 0. The average Bonchev–Trinajstić information content (AvgIpc) is 2.71. The number of ether oxygens (including phenoxy) is 1. The maximum absolute atomic E-state index is 14.5. The number of phosphoric ester groups is 1. The van der Waals surface area contributed by atoms with E-state index in [1.807, 2.05) is 24.3 Å². The smallest absolute Gasteiger partial charge is 0.454 e. The van der Waals surface area contributed by atoms with Crippen LogP contribution in [0.5, 0.6) is 11.5 Å². The standard InChI is InChI=1S/C21H29FNO6P/c1-2-3-4-16-5-8-18(9-6-16)29-20-10-7-17(13-19(20)22)11-12-21(23,14-24)15-28-30(25,26)27/h5-10,13,24H,2-4,11-12,14-15,23H2,1H3,(H2,25,26,27). The quantitative estimate of drug-likeness (QED) is 0.371. The van der Waals surface area contributed by atoms with Gasteiger partial charge in [-0.15, -0.1) is 0 Å². The van der Waals surface area contributed by atoms with Gasteiger partial charge in [-0.2, -0.15) is 0 Å². The van der Waals surface area contributed by atoms with E-state index in [1.54, 1.807) is 6.07 Å². The van der Waals surface area contributed by atoms with E-state index in [-0.39, 0.29) is 18.6 Å². The van der Waals surface area contributed by atoms with Crippen LogP contribution in [0.25, 0.3) is 0 Å². The highest BCUT2D eigenvalue weighted by atomic mass is 31.2. The third-order valence-corrected chi connectivity index (χ3v) is 5.18. The molecular formula is C21H29FNO6P. The molecule has 2 rings (SSSR count). The van der Waals surface area contributed by atoms with E-state index < -0.39 is 32.4 Å². The summed E-state index contributed by atoms with van der Waals surface area (Å²) in [6.07, 6.45) is 3.65. The predicted molar refractivity (Wildman–Crippen MR) is 112 cm³/mol. The molecule has 0 aliphatic rings. The Balaban J connectivity index is 1.96. The summed E-state index contributed by atoms with van der Waals surface area (Å²) in [6, 6.07) is 12.0. The van der Waals surface area contributed by atoms with Gasteiger partial charge in [-0.25, -0.2) is 8.96 Å². The second kappa shape index (κ2) is 11.0. The number of halogens is 1. The first-order valence-electron chi connectivity index (χ1n) is 9.79. The number of aliphatic hydroxyl groups excluding tert-OH is 1. The summed E-state index contributed by atoms with van der Waals surface area (Å²) in [5, 5.41) is 9.44. The monoisotopic (exact) mass is 441 g/mol. The SMILES string of the molecule is CCCCc1ccc(Oc2ccc(CCC(N)(CO)COP(=O)(O)O)cc2F)cc1. The fourth-order valence-electron chi connectivity index (χ4n) is 2.82. The van der Waals surface area contributed by atoms with Crippen molar-refractivity contribution in [2.24, 2.45) is 5.73 Å². The molecule has 0 aliphatic heterocycles. The lowest BCUT2D eigenvalue weighted by Crippen LogP contribution is -2.48. The molecule has 7 nitrogen and oxygen atoms in total. The van der Waals surface area contributed by atoms with Crippen molar-refractivity contribution in [1.29, 1.82) is 0 Å². The first-order valence-corrected chi connectivity index (χ1v) is 11.3. The molecule has 5 N–H and O–H groups in total. The summed E-state index contributed by atoms with van der Waals surface area (Å²) in [4.78, 5) is 17.6. The molecule has 0 spiro atoms. The molecule has 0 fully saturated rings. The number of unbranched alkanes of at least 4 members (excludes halogenated alkanes) is 1. The van der Waals surface area contributed by atoms with Gasteiger partial charge in [0.1, 0.15) is 5.75 Å². The second-order valence-electron chi connectivity index (χ2n) is 7.40. The third-order valence-electron chi connectivity index (χ3n) is 4.71. The lowest BCUT2D eigenvalue weighted by atomic mass is 9.94. The highest BCUT2D eigenvalue weighted by Crippen LogP contribution is 2.37. The summed E-state index contributed by atoms with van der Waals surface area (Å²) < 4.78 is 35.3. The molecule has 0 aliphatic carbocycles. The van der Waals surface area contributed by atoms with Crippen LogP contribution in [0.2, 0.25) is 0 Å². The van der Waals surface area contributed by atoms with Crippen molar-refractivity contribution in [2.75, 3.05) is 13.2 Å². The first kappa shape index (κ1) is 24.5. The van der Waals surface area contributed by atoms with Gasteiger partial charge in [0.25, 0.3) is 0 Å². The van der Waals surface area contributed by atoms with Gasteiger partial charge in [0.2, 0.25) is 0 Å². The van der Waals surface area contributed by atoms with Gasteiger partial charge in [-0.05, 0) is 61.1 Å². The van der Waals surface area contributed by atoms with Crippen molar-refractivity contribution in [3.63, 3.8) is 0 Å². The summed E-state index contributed by atoms with van der Waals surface area (Å²) in [5.74, 6) is 0.0875. The minimum Gasteiger partial charge on any atom is -0.454 e. The van der Waals surface area contributed by atoms with Crippen LogP contribution in [0.3, 0.4) is 0 Å². The van der Waals surface area contributed by atoms with E-state index in [0.717, 1.165) is 19.3 Å². The average molecular weight is 441 g/mol. The van der Waals surface area contributed by atoms with Crippen LogP contribution in [0.15, 0.2) is 42.5 Å². The predicted octanol–water partition coefficient (Wildman–Crippen LogP) is 3.69. The van der Waals surface area contributed by atoms with E-state index in [9.17, 15) is 14.1 Å². The van der Waals surface area contributed by atoms with Gasteiger partial charge in [0.15, 0.2) is 11.6 Å². The number of benzene rings is 2. The highest BCUT2D eigenvalue weighted by Gasteiger charge is 2.28. The molecule has 0 radical (unpaired) electrons. The summed E-state index contributed by atoms with van der Waals surface area (Å²) in [5.41, 5.74) is 6.38. The van der Waals surface area contributed by atoms with Crippen molar-refractivity contribution >= 4 is 7.82 Å². The Morgan fingerprint density at radius 2 is 1.77 bits per heavy atom. The van der Waals surface area contributed by atoms with Gasteiger partial charge in [-0.3, -0.25) is 4.52 Å². The maximum Gasteiger partial charge on any atom is 0.469 e. The zero-order valence-corrected chi connectivity index (χ0v) is 17.9. The number of nitrogens with two attached hydrogens (primary N) is 1. The molecule has 1 atom stereocenters. The fraction of sp³-hybridized carbons (Fsp3) is 0.429. The fourth-order valence-corrected chi connectivity index (χ4v) is 3.24. The Hall–Kier alpha value is -1.80. The van der Waals surface area contributed by atoms with E-state index in [2.05, 4.69) is 11.4 Å². The van der Waals surface area contributed by atoms with Crippen LogP contribution in [0.1, 0.15) is 37.3 Å². The molecule has 2 aromatic rings. The topological polar surface area (TPSA) is 122 Å². The summed E-state index contributed by atoms with van der Waals surface area (Å²) in [7, 11) is -4.70. The second-order valence-corrected chi connectivity index (χ2v) is 8.64. The van der Waals surface area contributed by atoms with Crippen LogP contribution in [0.4, 0.5) is 4.39 Å². The molecule has 0 saturated carbocycles. The molecule has 2 aromatic carbocycles. The van der Waals surface area contributed by atoms with E-state index in [0.29, 0.717) is 11.3 Å². The van der Waals surface area contributed by atoms with Crippen LogP contribution < -0.4 is 10.5 Å². The number of aliphatic hydroxyl groups is 1. The van der Waals surface area contributed by atoms with E-state index >= 15 is 0 Å². The molecule has 9 heteroatoms. The molecule has 166 valence electrons. The molecule has 0 heterocycles. The molecule has 0 saturated heterocycles. The Morgan fingerprint density at radius 1 is 1.10 bits per heavy atom. The van der Waals surface area contributed by atoms with Gasteiger partial charge in [-0.1, -0.05) is 31.5 Å². The Morgan fingerprint density at radius 3 is 2.33 bits per heavy atom. The van der Waals surface area contributed by atoms with Gasteiger partial charge in [0, 0.05) is 0 Å². The number of aryl methyl sites for hydroxylation is 2. The highest BCUT2D eigenvalue weighted by molar-refractivity contribution is 7.46. The Kier molecular flexibility index (Phi) is 8.97. The molecule has 0 amide bonds. The molecule has 0 bridgehead atoms. The largest absolute Gasteiger partial charge is 0.469 e. The zero-order chi connectivity index (χ0) is 22.2. The van der Waals surface area contributed by atoms with Gasteiger partial charge < -0.3 is 25.4 Å². The molecule has 1 unspecified atom stereocenters. The number of hydrogen-bond donors (Lipinski definition) is 4. The summed E-state index contributed by atoms with van der Waals surface area (Å²) in [6.45, 7) is 1.08. The zero-order valence-electron chi connectivity index (χ0n) is 17.0. The van der Waals surface area contributed by atoms with Crippen LogP contribution in [-0.4, -0.2) is 33.6 Å². The van der Waals surface area contributed by atoms with Crippen LogP contribution in [-0.2, 0) is 21.9 Å². The van der Waals surface area contributed by atoms with Gasteiger partial charge >= 0.3 is 7.82 Å². The molecule has 30 heavy (non-hydrogen) atoms. The Labute approximate surface area is 175 Å². The van der Waals surface area contributed by atoms with E-state index in [1.165, 1.54) is 17.7 Å². The third kappa shape index (κ3) is 8.14. The van der Waals surface area contributed by atoms with Crippen molar-refractivity contribution in [3.05, 3.63) is 59.4 Å². The molecular weight excluding hydrogens is 412 g/mol. The number of rotatable bonds is 12. The van der Waals surface area contributed by atoms with Gasteiger partial charge in [0.05, 0.1) is 18.8 Å². The van der Waals surface area contributed by atoms with Crippen LogP contribution >= 0.6 is 7.82 Å². The maximum atomic E-state index is 14.5. The minimum absolute atomic E-state index is 0.0889. The molecule has 0 aromatic heterocycles. The number of phosphoric acid groups is 1. The van der Waals surface area contributed by atoms with Crippen molar-refractivity contribution in [1.82, 2.24) is 0 Å². The van der Waals surface area contributed by atoms with Crippen molar-refractivity contribution in [3.8, 4) is 11.5 Å². The lowest BCUT2D eigenvalue weighted by molar-refractivity contribution is 0.102. The lowest BCUT2D eigenvalue weighted by Gasteiger charge is -2.27. The van der Waals surface area contributed by atoms with E-state index in [4.69, 9.17) is 20.3 Å². The number of hydrogen-bond acceptors (Lipinski definition) is 5. The Bertz CT molecular complexity index is 857. The normalized spacial score (nSPS) is 13.8. The first-order chi connectivity index (χ1) is 14.1. The van der Waals surface area contributed by atoms with Crippen molar-refractivity contribution in [2.45, 2.75) is 44.6 Å². The van der Waals surface area contributed by atoms with Crippen LogP contribution in [0, 0.1) is 5.82 Å². The minimum atomic E-state index is -4.70.